The van der Waals surface area contributed by atoms with Gasteiger partial charge in [0.15, 0.2) is 0 Å². The first kappa shape index (κ1) is 31.7. The standard InChI is InChI=1S/C28H25Cl2F4N3O4/c1-28(2,3)27(40)35-12-18-19(29)7-6-16(24(18)34)25(38)36-14-5-9-22(41-13-23(32)33)17(10-14)26(39)37-15-4-8-21(31)20(30)11-15/h4-11,23H,12-13H2,1-3H3,(H,35,40)(H,36,38)(H,37,39). The Morgan fingerprint density at radius 1 is 0.854 bits per heavy atom. The molecule has 0 saturated carbocycles. The van der Waals surface area contributed by atoms with Gasteiger partial charge in [-0.25, -0.2) is 17.6 Å². The van der Waals surface area contributed by atoms with E-state index in [0.29, 0.717) is 0 Å². The maximum atomic E-state index is 15.3. The Morgan fingerprint density at radius 2 is 1.46 bits per heavy atom. The molecule has 0 spiro atoms. The van der Waals surface area contributed by atoms with Gasteiger partial charge in [-0.05, 0) is 48.5 Å². The number of amides is 3. The molecule has 3 aromatic carbocycles. The Bertz CT molecular complexity index is 1480. The molecule has 0 aliphatic carbocycles. The minimum Gasteiger partial charge on any atom is -0.487 e. The molecule has 0 saturated heterocycles. The van der Waals surface area contributed by atoms with E-state index >= 15 is 4.39 Å². The van der Waals surface area contributed by atoms with Crippen molar-refractivity contribution in [1.29, 1.82) is 0 Å². The van der Waals surface area contributed by atoms with Gasteiger partial charge in [-0.15, -0.1) is 0 Å². The van der Waals surface area contributed by atoms with Crippen LogP contribution in [0.15, 0.2) is 48.5 Å². The largest absolute Gasteiger partial charge is 0.487 e. The lowest BCUT2D eigenvalue weighted by atomic mass is 9.95. The molecule has 0 aliphatic heterocycles. The molecule has 0 unspecified atom stereocenters. The van der Waals surface area contributed by atoms with E-state index in [-0.39, 0.29) is 50.7 Å². The number of halogens is 6. The van der Waals surface area contributed by atoms with Crippen LogP contribution in [-0.2, 0) is 11.3 Å². The van der Waals surface area contributed by atoms with Gasteiger partial charge < -0.3 is 20.7 Å². The fourth-order valence-electron chi connectivity index (χ4n) is 3.40. The smallest absolute Gasteiger partial charge is 0.272 e. The molecule has 7 nitrogen and oxygen atoms in total. The summed E-state index contributed by atoms with van der Waals surface area (Å²) in [4.78, 5) is 38.2. The fraction of sp³-hybridized carbons (Fsp3) is 0.250. The van der Waals surface area contributed by atoms with Crippen molar-refractivity contribution in [3.63, 3.8) is 0 Å². The van der Waals surface area contributed by atoms with Gasteiger partial charge in [0.1, 0.15) is 24.0 Å². The van der Waals surface area contributed by atoms with E-state index in [0.717, 1.165) is 24.3 Å². The maximum absolute atomic E-state index is 15.3. The monoisotopic (exact) mass is 613 g/mol. The summed E-state index contributed by atoms with van der Waals surface area (Å²) in [6.45, 7) is 3.75. The maximum Gasteiger partial charge on any atom is 0.272 e. The number of nitrogens with one attached hydrogen (secondary N) is 3. The first-order chi connectivity index (χ1) is 19.2. The summed E-state index contributed by atoms with van der Waals surface area (Å²) in [7, 11) is 0. The molecule has 0 bridgehead atoms. The van der Waals surface area contributed by atoms with E-state index in [2.05, 4.69) is 16.0 Å². The Morgan fingerprint density at radius 3 is 2.07 bits per heavy atom. The Balaban J connectivity index is 1.87. The third-order valence-corrected chi connectivity index (χ3v) is 6.21. The van der Waals surface area contributed by atoms with E-state index in [1.807, 2.05) is 0 Å². The van der Waals surface area contributed by atoms with Crippen molar-refractivity contribution >= 4 is 52.3 Å². The van der Waals surface area contributed by atoms with Crippen LogP contribution in [0.5, 0.6) is 5.75 Å². The molecule has 0 heterocycles. The zero-order chi connectivity index (χ0) is 30.5. The average molecular weight is 614 g/mol. The number of carbonyl (C=O) groups excluding carboxylic acids is 3. The second-order valence-corrected chi connectivity index (χ2v) is 10.6. The van der Waals surface area contributed by atoms with Crippen LogP contribution in [0.2, 0.25) is 10.0 Å². The first-order valence-corrected chi connectivity index (χ1v) is 12.8. The molecule has 41 heavy (non-hydrogen) atoms. The van der Waals surface area contributed by atoms with Crippen LogP contribution in [0, 0.1) is 17.0 Å². The quantitative estimate of drug-likeness (QED) is 0.225. The number of hydrogen-bond acceptors (Lipinski definition) is 4. The van der Waals surface area contributed by atoms with Crippen molar-refractivity contribution in [1.82, 2.24) is 5.32 Å². The van der Waals surface area contributed by atoms with Gasteiger partial charge >= 0.3 is 0 Å². The van der Waals surface area contributed by atoms with Crippen molar-refractivity contribution in [2.24, 2.45) is 5.41 Å². The third kappa shape index (κ3) is 8.34. The zero-order valence-corrected chi connectivity index (χ0v) is 23.5. The molecule has 0 fully saturated rings. The summed E-state index contributed by atoms with van der Waals surface area (Å²) in [5.41, 5.74) is -1.41. The molecule has 0 aromatic heterocycles. The lowest BCUT2D eigenvalue weighted by molar-refractivity contribution is -0.128. The highest BCUT2D eigenvalue weighted by Gasteiger charge is 2.24. The predicted molar refractivity (Wildman–Crippen MR) is 148 cm³/mol. The zero-order valence-electron chi connectivity index (χ0n) is 22.0. The molecular weight excluding hydrogens is 589 g/mol. The number of ether oxygens (including phenoxy) is 1. The van der Waals surface area contributed by atoms with Crippen LogP contribution in [0.25, 0.3) is 0 Å². The highest BCUT2D eigenvalue weighted by atomic mass is 35.5. The van der Waals surface area contributed by atoms with Crippen LogP contribution in [-0.4, -0.2) is 30.8 Å². The van der Waals surface area contributed by atoms with Crippen molar-refractivity contribution in [2.45, 2.75) is 33.7 Å². The van der Waals surface area contributed by atoms with Gasteiger partial charge in [0.2, 0.25) is 5.91 Å². The highest BCUT2D eigenvalue weighted by Crippen LogP contribution is 2.28. The summed E-state index contributed by atoms with van der Waals surface area (Å²) >= 11 is 11.9. The SMILES string of the molecule is CC(C)(C)C(=O)NCc1c(Cl)ccc(C(=O)Nc2ccc(OCC(F)F)c(C(=O)Nc3ccc(F)c(Cl)c3)c2)c1F. The molecule has 3 aromatic rings. The lowest BCUT2D eigenvalue weighted by Gasteiger charge is -2.18. The number of alkyl halides is 2. The summed E-state index contributed by atoms with van der Waals surface area (Å²) in [6.07, 6.45) is -2.84. The van der Waals surface area contributed by atoms with E-state index in [4.69, 9.17) is 27.9 Å². The lowest BCUT2D eigenvalue weighted by Crippen LogP contribution is -2.34. The third-order valence-electron chi connectivity index (χ3n) is 5.56. The molecular formula is C28H25Cl2F4N3O4. The van der Waals surface area contributed by atoms with E-state index in [1.165, 1.54) is 24.3 Å². The number of carbonyl (C=O) groups is 3. The van der Waals surface area contributed by atoms with Gasteiger partial charge in [-0.3, -0.25) is 14.4 Å². The Labute approximate surface area is 243 Å². The first-order valence-electron chi connectivity index (χ1n) is 12.0. The van der Waals surface area contributed by atoms with Gasteiger partial charge in [-0.2, -0.15) is 0 Å². The molecule has 3 amide bonds. The number of anilines is 2. The van der Waals surface area contributed by atoms with Crippen molar-refractivity contribution < 1.29 is 36.7 Å². The summed E-state index contributed by atoms with van der Waals surface area (Å²) in [5.74, 6) is -4.03. The Kier molecular flexibility index (Phi) is 10.2. The van der Waals surface area contributed by atoms with E-state index in [1.54, 1.807) is 20.8 Å². The summed E-state index contributed by atoms with van der Waals surface area (Å²) in [6, 6.07) is 9.42. The molecule has 218 valence electrons. The molecule has 0 atom stereocenters. The van der Waals surface area contributed by atoms with Crippen LogP contribution in [0.3, 0.4) is 0 Å². The number of hydrogen-bond donors (Lipinski definition) is 3. The van der Waals surface area contributed by atoms with E-state index < -0.39 is 47.5 Å². The van der Waals surface area contributed by atoms with Crippen molar-refractivity contribution in [3.8, 4) is 5.75 Å². The van der Waals surface area contributed by atoms with Crippen LogP contribution in [0.4, 0.5) is 28.9 Å². The Hall–Kier alpha value is -3.83. The van der Waals surface area contributed by atoms with Crippen LogP contribution in [0.1, 0.15) is 47.1 Å². The fourth-order valence-corrected chi connectivity index (χ4v) is 3.80. The highest BCUT2D eigenvalue weighted by molar-refractivity contribution is 6.31. The molecule has 3 rings (SSSR count). The van der Waals surface area contributed by atoms with E-state index in [9.17, 15) is 27.6 Å². The minimum atomic E-state index is -2.84. The van der Waals surface area contributed by atoms with Gasteiger partial charge in [0.25, 0.3) is 18.2 Å². The van der Waals surface area contributed by atoms with Gasteiger partial charge in [-0.1, -0.05) is 44.0 Å². The minimum absolute atomic E-state index is 0.00128. The summed E-state index contributed by atoms with van der Waals surface area (Å²) in [5, 5.41) is 7.19. The van der Waals surface area contributed by atoms with Gasteiger partial charge in [0.05, 0.1) is 16.1 Å². The summed E-state index contributed by atoms with van der Waals surface area (Å²) < 4.78 is 59.4. The normalized spacial score (nSPS) is 11.3. The predicted octanol–water partition coefficient (Wildman–Crippen LogP) is 7.08. The average Bonchev–Trinajstić information content (AvgIpc) is 2.89. The topological polar surface area (TPSA) is 96.5 Å². The van der Waals surface area contributed by atoms with Crippen LogP contribution >= 0.6 is 23.2 Å². The second kappa shape index (κ2) is 13.2. The van der Waals surface area contributed by atoms with Crippen molar-refractivity contribution in [3.05, 3.63) is 86.9 Å². The molecule has 13 heteroatoms. The number of benzene rings is 3. The molecule has 0 aliphatic rings. The molecule has 3 N–H and O–H groups in total. The number of rotatable bonds is 9. The van der Waals surface area contributed by atoms with Crippen LogP contribution < -0.4 is 20.7 Å². The second-order valence-electron chi connectivity index (χ2n) is 9.77. The van der Waals surface area contributed by atoms with Crippen molar-refractivity contribution in [2.75, 3.05) is 17.2 Å². The van der Waals surface area contributed by atoms with Gasteiger partial charge in [0, 0.05) is 33.9 Å². The molecule has 0 radical (unpaired) electrons.